The molecular weight excluding hydrogens is 223 g/mol. The molecule has 0 spiro atoms. The number of piperidine rings is 1. The smallest absolute Gasteiger partial charge is 0.224 e. The van der Waals surface area contributed by atoms with E-state index < -0.39 is 0 Å². The molecule has 1 rings (SSSR count). The van der Waals surface area contributed by atoms with E-state index in [1.54, 1.807) is 0 Å². The van der Waals surface area contributed by atoms with E-state index in [4.69, 9.17) is 0 Å². The summed E-state index contributed by atoms with van der Waals surface area (Å²) in [4.78, 5) is 11.4. The van der Waals surface area contributed by atoms with Crippen LogP contribution in [0.25, 0.3) is 0 Å². The minimum absolute atomic E-state index is 0.0491. The summed E-state index contributed by atoms with van der Waals surface area (Å²) in [6.07, 6.45) is 1.97. The van der Waals surface area contributed by atoms with Gasteiger partial charge in [0.25, 0.3) is 0 Å². The van der Waals surface area contributed by atoms with Crippen LogP contribution in [0.1, 0.15) is 40.5 Å². The molecule has 1 aliphatic rings. The van der Waals surface area contributed by atoms with E-state index in [2.05, 4.69) is 14.6 Å². The maximum atomic E-state index is 11.4. The van der Waals surface area contributed by atoms with E-state index in [0.717, 1.165) is 12.8 Å². The van der Waals surface area contributed by atoms with E-state index >= 15 is 0 Å². The van der Waals surface area contributed by atoms with Gasteiger partial charge >= 0.3 is 0 Å². The number of amides is 1. The Morgan fingerprint density at radius 2 is 1.81 bits per heavy atom. The van der Waals surface area contributed by atoms with Crippen LogP contribution in [0.5, 0.6) is 0 Å². The molecule has 0 aromatic heterocycles. The summed E-state index contributed by atoms with van der Waals surface area (Å²) >= 11 is 0. The number of carbonyl (C=O) groups excluding carboxylic acids is 1. The lowest BCUT2D eigenvalue weighted by molar-refractivity contribution is -0.246. The Balaban J connectivity index is 2.75. The highest BCUT2D eigenvalue weighted by Crippen LogP contribution is 2.36. The fraction of sp³-hybridized carbons (Fsp3) is 0.909. The van der Waals surface area contributed by atoms with Gasteiger partial charge in [-0.3, -0.25) is 4.79 Å². The van der Waals surface area contributed by atoms with Gasteiger partial charge in [0.15, 0.2) is 0 Å². The molecule has 0 bridgehead atoms. The van der Waals surface area contributed by atoms with Crippen molar-refractivity contribution in [1.29, 1.82) is 0 Å². The standard InChI is InChI=1S/C11H23N2O2P/c1-10(2)5-8(12-9(14)7-16)6-11(3,4)13(10)15/h8,15H,5-7,16H2,1-4H3,(H,12,14). The molecule has 1 amide bonds. The first-order valence-electron chi connectivity index (χ1n) is 5.68. The van der Waals surface area contributed by atoms with Crippen molar-refractivity contribution in [3.63, 3.8) is 0 Å². The lowest BCUT2D eigenvalue weighted by Crippen LogP contribution is -2.63. The zero-order valence-corrected chi connectivity index (χ0v) is 11.7. The first kappa shape index (κ1) is 13.9. The first-order valence-corrected chi connectivity index (χ1v) is 6.49. The van der Waals surface area contributed by atoms with Gasteiger partial charge in [0.05, 0.1) is 0 Å². The number of hydrogen-bond donors (Lipinski definition) is 2. The second-order valence-corrected chi connectivity index (χ2v) is 6.22. The molecule has 1 fully saturated rings. The Bertz CT molecular complexity index is 261. The van der Waals surface area contributed by atoms with Crippen molar-refractivity contribution in [3.05, 3.63) is 0 Å². The lowest BCUT2D eigenvalue weighted by atomic mass is 9.79. The molecule has 1 atom stereocenters. The summed E-state index contributed by atoms with van der Waals surface area (Å²) in [6, 6.07) is 0.140. The lowest BCUT2D eigenvalue weighted by Gasteiger charge is -2.51. The van der Waals surface area contributed by atoms with Gasteiger partial charge < -0.3 is 10.5 Å². The minimum atomic E-state index is -0.305. The number of nitrogens with one attached hydrogen (secondary N) is 1. The first-order chi connectivity index (χ1) is 7.19. The number of nitrogens with zero attached hydrogens (tertiary/aromatic N) is 1. The number of carbonyl (C=O) groups is 1. The SMILES string of the molecule is CC1(C)CC(NC(=O)CP)CC(C)(C)N1O. The third-order valence-corrected chi connectivity index (χ3v) is 3.56. The van der Waals surface area contributed by atoms with E-state index in [0.29, 0.717) is 6.16 Å². The van der Waals surface area contributed by atoms with Crippen molar-refractivity contribution in [3.8, 4) is 0 Å². The maximum absolute atomic E-state index is 11.4. The average Bonchev–Trinajstić information content (AvgIpc) is 2.13. The van der Waals surface area contributed by atoms with Gasteiger partial charge in [-0.2, -0.15) is 5.06 Å². The Kier molecular flexibility index (Phi) is 3.99. The van der Waals surface area contributed by atoms with Gasteiger partial charge in [-0.25, -0.2) is 0 Å². The molecule has 0 aliphatic carbocycles. The predicted octanol–water partition coefficient (Wildman–Crippen LogP) is 1.39. The summed E-state index contributed by atoms with van der Waals surface area (Å²) < 4.78 is 0. The highest BCUT2D eigenvalue weighted by atomic mass is 31.0. The normalized spacial score (nSPS) is 25.4. The van der Waals surface area contributed by atoms with Gasteiger partial charge in [-0.1, -0.05) is 0 Å². The highest BCUT2D eigenvalue weighted by Gasteiger charge is 2.45. The molecule has 1 heterocycles. The van der Waals surface area contributed by atoms with Crippen LogP contribution in [0.4, 0.5) is 0 Å². The molecule has 0 aromatic rings. The fourth-order valence-electron chi connectivity index (χ4n) is 2.66. The Hall–Kier alpha value is -0.180. The summed E-state index contributed by atoms with van der Waals surface area (Å²) in [7, 11) is 2.42. The highest BCUT2D eigenvalue weighted by molar-refractivity contribution is 7.18. The average molecular weight is 246 g/mol. The van der Waals surface area contributed by atoms with Crippen molar-refractivity contribution in [2.75, 3.05) is 6.16 Å². The molecule has 1 unspecified atom stereocenters. The van der Waals surface area contributed by atoms with Gasteiger partial charge in [0.2, 0.25) is 5.91 Å². The molecule has 1 aliphatic heterocycles. The topological polar surface area (TPSA) is 52.6 Å². The quantitative estimate of drug-likeness (QED) is 0.724. The number of hydrogen-bond acceptors (Lipinski definition) is 3. The van der Waals surface area contributed by atoms with Crippen LogP contribution >= 0.6 is 9.24 Å². The van der Waals surface area contributed by atoms with Crippen LogP contribution in [0.15, 0.2) is 0 Å². The number of hydroxylamine groups is 2. The maximum Gasteiger partial charge on any atom is 0.224 e. The molecule has 1 saturated heterocycles. The number of rotatable bonds is 2. The van der Waals surface area contributed by atoms with Gasteiger partial charge in [-0.05, 0) is 40.5 Å². The molecule has 0 radical (unpaired) electrons. The van der Waals surface area contributed by atoms with E-state index in [1.165, 1.54) is 5.06 Å². The third kappa shape index (κ3) is 2.93. The molecule has 4 nitrogen and oxygen atoms in total. The van der Waals surface area contributed by atoms with Gasteiger partial charge in [-0.15, -0.1) is 9.24 Å². The summed E-state index contributed by atoms with van der Waals surface area (Å²) in [5.74, 6) is 0.0491. The van der Waals surface area contributed by atoms with Crippen molar-refractivity contribution in [1.82, 2.24) is 10.4 Å². The van der Waals surface area contributed by atoms with Crippen LogP contribution in [0.2, 0.25) is 0 Å². The van der Waals surface area contributed by atoms with Gasteiger partial charge in [0, 0.05) is 23.3 Å². The Labute approximate surface area is 99.9 Å². The monoisotopic (exact) mass is 246 g/mol. The third-order valence-electron chi connectivity index (χ3n) is 3.19. The van der Waals surface area contributed by atoms with Crippen molar-refractivity contribution in [2.24, 2.45) is 0 Å². The van der Waals surface area contributed by atoms with E-state index in [-0.39, 0.29) is 23.0 Å². The molecule has 5 heteroatoms. The molecule has 94 valence electrons. The molecule has 0 saturated carbocycles. The van der Waals surface area contributed by atoms with Crippen molar-refractivity contribution >= 4 is 15.1 Å². The van der Waals surface area contributed by atoms with Crippen LogP contribution in [0.3, 0.4) is 0 Å². The fourth-order valence-corrected chi connectivity index (χ4v) is 2.78. The van der Waals surface area contributed by atoms with Crippen LogP contribution in [-0.2, 0) is 4.79 Å². The van der Waals surface area contributed by atoms with E-state index in [1.807, 2.05) is 27.7 Å². The molecule has 0 aromatic carbocycles. The predicted molar refractivity (Wildman–Crippen MR) is 67.5 cm³/mol. The zero-order chi connectivity index (χ0) is 12.6. The molecule has 2 N–H and O–H groups in total. The second-order valence-electron chi connectivity index (χ2n) is 5.81. The Morgan fingerprint density at radius 3 is 2.19 bits per heavy atom. The largest absolute Gasteiger partial charge is 0.353 e. The summed E-state index contributed by atoms with van der Waals surface area (Å²) in [6.45, 7) is 7.98. The van der Waals surface area contributed by atoms with Gasteiger partial charge in [0.1, 0.15) is 0 Å². The Morgan fingerprint density at radius 1 is 1.38 bits per heavy atom. The van der Waals surface area contributed by atoms with Crippen LogP contribution in [0, 0.1) is 0 Å². The van der Waals surface area contributed by atoms with Crippen molar-refractivity contribution in [2.45, 2.75) is 57.7 Å². The second kappa shape index (κ2) is 4.59. The van der Waals surface area contributed by atoms with Crippen LogP contribution in [-0.4, -0.2) is 39.5 Å². The summed E-state index contributed by atoms with van der Waals surface area (Å²) in [5.41, 5.74) is -0.610. The van der Waals surface area contributed by atoms with E-state index in [9.17, 15) is 10.0 Å². The molecule has 16 heavy (non-hydrogen) atoms. The zero-order valence-electron chi connectivity index (χ0n) is 10.6. The minimum Gasteiger partial charge on any atom is -0.353 e. The van der Waals surface area contributed by atoms with Crippen molar-refractivity contribution < 1.29 is 10.0 Å². The van der Waals surface area contributed by atoms with Crippen LogP contribution < -0.4 is 5.32 Å². The summed E-state index contributed by atoms with van der Waals surface area (Å²) in [5, 5.41) is 14.5. The molecular formula is C11H23N2O2P.